The number of hydrogen-bond acceptors (Lipinski definition) is 2. The summed E-state index contributed by atoms with van der Waals surface area (Å²) in [5.41, 5.74) is 0. The van der Waals surface area contributed by atoms with E-state index in [9.17, 15) is 9.59 Å². The van der Waals surface area contributed by atoms with Gasteiger partial charge in [0.15, 0.2) is 0 Å². The Morgan fingerprint density at radius 3 is 2.27 bits per heavy atom. The standard InChI is InChI=1S/C12H23NO2/c1-5-12(15)13(4)9-7-6-8-11(14)10(2)3/h10H,5-9H2,1-4H3. The molecule has 1 amide bonds. The summed E-state index contributed by atoms with van der Waals surface area (Å²) >= 11 is 0. The maximum Gasteiger partial charge on any atom is 0.222 e. The van der Waals surface area contributed by atoms with Crippen molar-refractivity contribution in [1.29, 1.82) is 0 Å². The van der Waals surface area contributed by atoms with Gasteiger partial charge in [-0.2, -0.15) is 0 Å². The molecule has 0 spiro atoms. The topological polar surface area (TPSA) is 37.4 Å². The van der Waals surface area contributed by atoms with Crippen molar-refractivity contribution in [2.45, 2.75) is 46.5 Å². The van der Waals surface area contributed by atoms with Gasteiger partial charge in [-0.25, -0.2) is 0 Å². The maximum absolute atomic E-state index is 11.3. The lowest BCUT2D eigenvalue weighted by Gasteiger charge is -2.15. The van der Waals surface area contributed by atoms with Gasteiger partial charge >= 0.3 is 0 Å². The molecule has 0 aliphatic heterocycles. The third kappa shape index (κ3) is 6.26. The SMILES string of the molecule is CCC(=O)N(C)CCCCC(=O)C(C)C. The van der Waals surface area contributed by atoms with E-state index in [1.165, 1.54) is 0 Å². The second-order valence-electron chi connectivity index (χ2n) is 4.25. The molecule has 0 aromatic rings. The van der Waals surface area contributed by atoms with Gasteiger partial charge in [-0.3, -0.25) is 9.59 Å². The number of hydrogen-bond donors (Lipinski definition) is 0. The predicted molar refractivity (Wildman–Crippen MR) is 61.6 cm³/mol. The normalized spacial score (nSPS) is 10.5. The molecule has 0 aromatic heterocycles. The molecular weight excluding hydrogens is 190 g/mol. The van der Waals surface area contributed by atoms with Crippen molar-refractivity contribution in [3.8, 4) is 0 Å². The highest BCUT2D eigenvalue weighted by Gasteiger charge is 2.08. The molecule has 0 radical (unpaired) electrons. The lowest BCUT2D eigenvalue weighted by atomic mass is 10.0. The summed E-state index contributed by atoms with van der Waals surface area (Å²) in [4.78, 5) is 24.2. The van der Waals surface area contributed by atoms with Gasteiger partial charge in [-0.1, -0.05) is 20.8 Å². The number of Topliss-reactive ketones (excluding diaryl/α,β-unsaturated/α-hetero) is 1. The predicted octanol–water partition coefficient (Wildman–Crippen LogP) is 2.25. The first kappa shape index (κ1) is 14.1. The van der Waals surface area contributed by atoms with E-state index in [4.69, 9.17) is 0 Å². The summed E-state index contributed by atoms with van der Waals surface area (Å²) in [5.74, 6) is 0.629. The first-order valence-electron chi connectivity index (χ1n) is 5.75. The Balaban J connectivity index is 3.54. The van der Waals surface area contributed by atoms with Crippen molar-refractivity contribution in [3.63, 3.8) is 0 Å². The highest BCUT2D eigenvalue weighted by atomic mass is 16.2. The van der Waals surface area contributed by atoms with Gasteiger partial charge in [-0.15, -0.1) is 0 Å². The molecular formula is C12H23NO2. The van der Waals surface area contributed by atoms with Crippen LogP contribution in [0.5, 0.6) is 0 Å². The summed E-state index contributed by atoms with van der Waals surface area (Å²) < 4.78 is 0. The molecule has 3 heteroatoms. The highest BCUT2D eigenvalue weighted by molar-refractivity contribution is 5.80. The number of amides is 1. The Labute approximate surface area is 92.8 Å². The lowest BCUT2D eigenvalue weighted by Crippen LogP contribution is -2.26. The van der Waals surface area contributed by atoms with Gasteiger partial charge in [0.2, 0.25) is 5.91 Å². The van der Waals surface area contributed by atoms with Crippen LogP contribution in [0.4, 0.5) is 0 Å². The van der Waals surface area contributed by atoms with Crippen LogP contribution in [0.2, 0.25) is 0 Å². The van der Waals surface area contributed by atoms with E-state index < -0.39 is 0 Å². The fourth-order valence-electron chi connectivity index (χ4n) is 1.33. The van der Waals surface area contributed by atoms with Crippen molar-refractivity contribution in [2.24, 2.45) is 5.92 Å². The van der Waals surface area contributed by atoms with Gasteiger partial charge in [0.25, 0.3) is 0 Å². The molecule has 15 heavy (non-hydrogen) atoms. The Bertz CT molecular complexity index is 212. The average Bonchev–Trinajstić information content (AvgIpc) is 2.22. The van der Waals surface area contributed by atoms with Crippen LogP contribution in [-0.4, -0.2) is 30.2 Å². The largest absolute Gasteiger partial charge is 0.346 e. The van der Waals surface area contributed by atoms with E-state index in [1.54, 1.807) is 4.90 Å². The molecule has 0 aromatic carbocycles. The molecule has 0 unspecified atom stereocenters. The van der Waals surface area contributed by atoms with Gasteiger partial charge in [0.1, 0.15) is 5.78 Å². The Morgan fingerprint density at radius 1 is 1.20 bits per heavy atom. The number of rotatable bonds is 7. The Hall–Kier alpha value is -0.860. The van der Waals surface area contributed by atoms with Gasteiger partial charge in [-0.05, 0) is 12.8 Å². The lowest BCUT2D eigenvalue weighted by molar-refractivity contribution is -0.129. The molecule has 0 heterocycles. The van der Waals surface area contributed by atoms with Crippen LogP contribution in [0, 0.1) is 5.92 Å². The molecule has 0 saturated carbocycles. The second kappa shape index (κ2) is 7.43. The van der Waals surface area contributed by atoms with Crippen molar-refractivity contribution in [3.05, 3.63) is 0 Å². The summed E-state index contributed by atoms with van der Waals surface area (Å²) in [6, 6.07) is 0. The zero-order chi connectivity index (χ0) is 11.8. The van der Waals surface area contributed by atoms with E-state index in [-0.39, 0.29) is 11.8 Å². The van der Waals surface area contributed by atoms with Crippen molar-refractivity contribution in [1.82, 2.24) is 4.90 Å². The van der Waals surface area contributed by atoms with Crippen LogP contribution >= 0.6 is 0 Å². The first-order valence-corrected chi connectivity index (χ1v) is 5.75. The van der Waals surface area contributed by atoms with E-state index in [2.05, 4.69) is 0 Å². The number of unbranched alkanes of at least 4 members (excludes halogenated alkanes) is 1. The number of nitrogens with zero attached hydrogens (tertiary/aromatic N) is 1. The average molecular weight is 213 g/mol. The molecule has 0 rings (SSSR count). The molecule has 88 valence electrons. The third-order valence-corrected chi connectivity index (χ3v) is 2.54. The fourth-order valence-corrected chi connectivity index (χ4v) is 1.33. The third-order valence-electron chi connectivity index (χ3n) is 2.54. The summed E-state index contributed by atoms with van der Waals surface area (Å²) in [6.07, 6.45) is 3.01. The first-order chi connectivity index (χ1) is 6.99. The van der Waals surface area contributed by atoms with Gasteiger partial charge in [0, 0.05) is 32.4 Å². The minimum atomic E-state index is 0.139. The van der Waals surface area contributed by atoms with Crippen LogP contribution in [0.25, 0.3) is 0 Å². The molecule has 0 fully saturated rings. The van der Waals surface area contributed by atoms with Crippen molar-refractivity contribution in [2.75, 3.05) is 13.6 Å². The zero-order valence-corrected chi connectivity index (χ0v) is 10.4. The van der Waals surface area contributed by atoms with Crippen LogP contribution < -0.4 is 0 Å². The van der Waals surface area contributed by atoms with Crippen LogP contribution in [0.15, 0.2) is 0 Å². The summed E-state index contributed by atoms with van der Waals surface area (Å²) in [7, 11) is 1.82. The monoisotopic (exact) mass is 213 g/mol. The number of carbonyl (C=O) groups is 2. The minimum Gasteiger partial charge on any atom is -0.346 e. The van der Waals surface area contributed by atoms with Crippen molar-refractivity contribution >= 4 is 11.7 Å². The quantitative estimate of drug-likeness (QED) is 0.608. The maximum atomic E-state index is 11.3. The molecule has 0 bridgehead atoms. The highest BCUT2D eigenvalue weighted by Crippen LogP contribution is 2.05. The van der Waals surface area contributed by atoms with Gasteiger partial charge in [0.05, 0.1) is 0 Å². The molecule has 0 atom stereocenters. The molecule has 0 aliphatic carbocycles. The van der Waals surface area contributed by atoms with E-state index in [0.717, 1.165) is 19.4 Å². The second-order valence-corrected chi connectivity index (χ2v) is 4.25. The van der Waals surface area contributed by atoms with Crippen LogP contribution in [0.1, 0.15) is 46.5 Å². The van der Waals surface area contributed by atoms with E-state index in [1.807, 2.05) is 27.8 Å². The van der Waals surface area contributed by atoms with Gasteiger partial charge < -0.3 is 4.90 Å². The van der Waals surface area contributed by atoms with Crippen molar-refractivity contribution < 1.29 is 9.59 Å². The minimum absolute atomic E-state index is 0.139. The zero-order valence-electron chi connectivity index (χ0n) is 10.4. The fraction of sp³-hybridized carbons (Fsp3) is 0.833. The molecule has 0 N–H and O–H groups in total. The number of ketones is 1. The van der Waals surface area contributed by atoms with Crippen LogP contribution in [0.3, 0.4) is 0 Å². The van der Waals surface area contributed by atoms with Crippen LogP contribution in [-0.2, 0) is 9.59 Å². The molecule has 0 aliphatic rings. The smallest absolute Gasteiger partial charge is 0.222 e. The van der Waals surface area contributed by atoms with E-state index in [0.29, 0.717) is 18.6 Å². The molecule has 3 nitrogen and oxygen atoms in total. The summed E-state index contributed by atoms with van der Waals surface area (Å²) in [5, 5.41) is 0. The summed E-state index contributed by atoms with van der Waals surface area (Å²) in [6.45, 7) is 6.48. The number of carbonyl (C=O) groups excluding carboxylic acids is 2. The molecule has 0 saturated heterocycles. The Morgan fingerprint density at radius 2 is 1.80 bits per heavy atom. The van der Waals surface area contributed by atoms with E-state index >= 15 is 0 Å². The Kier molecular flexibility index (Phi) is 7.01.